The van der Waals surface area contributed by atoms with Crippen molar-refractivity contribution < 1.29 is 4.74 Å². The van der Waals surface area contributed by atoms with Crippen molar-refractivity contribution in [2.45, 2.75) is 13.5 Å². The summed E-state index contributed by atoms with van der Waals surface area (Å²) in [6, 6.07) is 15.3. The van der Waals surface area contributed by atoms with Gasteiger partial charge in [-0.25, -0.2) is 10.2 Å². The van der Waals surface area contributed by atoms with Crippen LogP contribution in [0.15, 0.2) is 67.7 Å². The topological polar surface area (TPSA) is 95.4 Å². The van der Waals surface area contributed by atoms with E-state index >= 15 is 0 Å². The summed E-state index contributed by atoms with van der Waals surface area (Å²) in [7, 11) is 3.05. The summed E-state index contributed by atoms with van der Waals surface area (Å²) in [5, 5.41) is 4.30. The molecular formula is C23H23BrN6O3. The summed E-state index contributed by atoms with van der Waals surface area (Å²) in [4.78, 5) is 29.9. The number of hydrogen-bond donors (Lipinski definition) is 1. The van der Waals surface area contributed by atoms with Gasteiger partial charge in [0.05, 0.1) is 19.4 Å². The highest BCUT2D eigenvalue weighted by Crippen LogP contribution is 2.19. The second kappa shape index (κ2) is 9.45. The molecule has 2 aromatic heterocycles. The molecule has 2 aromatic carbocycles. The zero-order chi connectivity index (χ0) is 23.5. The van der Waals surface area contributed by atoms with E-state index in [2.05, 4.69) is 31.4 Å². The monoisotopic (exact) mass is 510 g/mol. The fourth-order valence-electron chi connectivity index (χ4n) is 3.44. The first-order valence-corrected chi connectivity index (χ1v) is 11.1. The lowest BCUT2D eigenvalue weighted by molar-refractivity contribution is 0.340. The zero-order valence-electron chi connectivity index (χ0n) is 18.4. The van der Waals surface area contributed by atoms with Crippen LogP contribution in [-0.2, 0) is 20.6 Å². The van der Waals surface area contributed by atoms with E-state index in [4.69, 9.17) is 4.74 Å². The number of imidazole rings is 1. The van der Waals surface area contributed by atoms with Gasteiger partial charge < -0.3 is 4.74 Å². The molecule has 0 spiro atoms. The number of hydrazone groups is 1. The summed E-state index contributed by atoms with van der Waals surface area (Å²) in [6.45, 7) is 2.91. The quantitative estimate of drug-likeness (QED) is 0.304. The van der Waals surface area contributed by atoms with Crippen LogP contribution < -0.4 is 21.4 Å². The van der Waals surface area contributed by atoms with Gasteiger partial charge in [-0.15, -0.1) is 0 Å². The van der Waals surface area contributed by atoms with E-state index in [1.165, 1.54) is 11.6 Å². The third kappa shape index (κ3) is 4.61. The van der Waals surface area contributed by atoms with Gasteiger partial charge in [0.1, 0.15) is 5.75 Å². The van der Waals surface area contributed by atoms with E-state index in [1.807, 2.05) is 55.5 Å². The van der Waals surface area contributed by atoms with Crippen molar-refractivity contribution in [3.8, 4) is 5.75 Å². The maximum atomic E-state index is 13.0. The lowest BCUT2D eigenvalue weighted by Gasteiger charge is -2.09. The zero-order valence-corrected chi connectivity index (χ0v) is 20.0. The lowest BCUT2D eigenvalue weighted by Crippen LogP contribution is -2.37. The van der Waals surface area contributed by atoms with Crippen LogP contribution in [0.3, 0.4) is 0 Å². The Bertz CT molecular complexity index is 1430. The minimum absolute atomic E-state index is 0.291. The Morgan fingerprint density at radius 3 is 2.42 bits per heavy atom. The van der Waals surface area contributed by atoms with Gasteiger partial charge in [0.15, 0.2) is 11.2 Å². The normalized spacial score (nSPS) is 11.4. The number of aromatic nitrogens is 4. The highest BCUT2D eigenvalue weighted by molar-refractivity contribution is 9.10. The van der Waals surface area contributed by atoms with Crippen molar-refractivity contribution in [1.29, 1.82) is 0 Å². The Kier molecular flexibility index (Phi) is 6.45. The van der Waals surface area contributed by atoms with Crippen molar-refractivity contribution in [2.75, 3.05) is 12.0 Å². The Labute approximate surface area is 198 Å². The minimum atomic E-state index is -0.440. The average Bonchev–Trinajstić information content (AvgIpc) is 3.17. The van der Waals surface area contributed by atoms with Crippen LogP contribution in [0.4, 0.5) is 5.95 Å². The van der Waals surface area contributed by atoms with Crippen LogP contribution >= 0.6 is 15.9 Å². The summed E-state index contributed by atoms with van der Waals surface area (Å²) in [5.74, 6) is 1.14. The van der Waals surface area contributed by atoms with E-state index in [0.717, 1.165) is 25.9 Å². The highest BCUT2D eigenvalue weighted by Gasteiger charge is 2.19. The number of fused-ring (bicyclic) bond motifs is 1. The summed E-state index contributed by atoms with van der Waals surface area (Å²) in [5.41, 5.74) is 4.52. The molecule has 0 fully saturated rings. The first-order valence-electron chi connectivity index (χ1n) is 10.3. The molecular weight excluding hydrogens is 488 g/mol. The highest BCUT2D eigenvalue weighted by atomic mass is 79.9. The minimum Gasteiger partial charge on any atom is -0.494 e. The Morgan fingerprint density at radius 2 is 1.76 bits per heavy atom. The van der Waals surface area contributed by atoms with Crippen LogP contribution in [0.5, 0.6) is 5.75 Å². The van der Waals surface area contributed by atoms with E-state index in [1.54, 1.807) is 17.8 Å². The van der Waals surface area contributed by atoms with Gasteiger partial charge in [0.2, 0.25) is 5.95 Å². The Balaban J connectivity index is 1.73. The average molecular weight is 511 g/mol. The molecule has 9 nitrogen and oxygen atoms in total. The van der Waals surface area contributed by atoms with Gasteiger partial charge in [-0.05, 0) is 54.4 Å². The lowest BCUT2D eigenvalue weighted by atomic mass is 10.2. The number of hydrogen-bond acceptors (Lipinski definition) is 6. The number of anilines is 1. The molecule has 10 heteroatoms. The smallest absolute Gasteiger partial charge is 0.332 e. The second-order valence-corrected chi connectivity index (χ2v) is 8.31. The molecule has 0 aliphatic rings. The summed E-state index contributed by atoms with van der Waals surface area (Å²) in [6.07, 6.45) is 1.65. The van der Waals surface area contributed by atoms with E-state index < -0.39 is 11.2 Å². The van der Waals surface area contributed by atoms with Gasteiger partial charge in [0, 0.05) is 18.6 Å². The molecule has 0 radical (unpaired) electrons. The molecule has 4 aromatic rings. The molecule has 2 heterocycles. The van der Waals surface area contributed by atoms with E-state index in [9.17, 15) is 9.59 Å². The van der Waals surface area contributed by atoms with Gasteiger partial charge in [-0.1, -0.05) is 28.1 Å². The van der Waals surface area contributed by atoms with Gasteiger partial charge in [-0.2, -0.15) is 10.1 Å². The van der Waals surface area contributed by atoms with Gasteiger partial charge >= 0.3 is 5.69 Å². The molecule has 1 N–H and O–H groups in total. The van der Waals surface area contributed by atoms with Crippen LogP contribution in [0, 0.1) is 0 Å². The van der Waals surface area contributed by atoms with Crippen molar-refractivity contribution in [3.05, 3.63) is 85.0 Å². The maximum absolute atomic E-state index is 13.0. The third-order valence-electron chi connectivity index (χ3n) is 5.17. The number of halogens is 1. The van der Waals surface area contributed by atoms with E-state index in [-0.39, 0.29) is 0 Å². The molecule has 0 bridgehead atoms. The van der Waals surface area contributed by atoms with Crippen molar-refractivity contribution in [3.63, 3.8) is 0 Å². The van der Waals surface area contributed by atoms with Crippen molar-refractivity contribution in [2.24, 2.45) is 19.2 Å². The number of nitrogens with one attached hydrogen (secondary N) is 1. The number of rotatable bonds is 7. The molecule has 0 aliphatic heterocycles. The standard InChI is InChI=1S/C23H23BrN6O3/c1-4-33-18-11-7-15(8-12-18)13-25-27-22-26-20-19(21(31)29(3)23(32)28(20)2)30(22)14-16-5-9-17(24)10-6-16/h5-13H,4,14H2,1-3H3,(H,26,27)/b25-13+. The van der Waals surface area contributed by atoms with Crippen LogP contribution in [0.25, 0.3) is 11.2 Å². The van der Waals surface area contributed by atoms with Crippen LogP contribution in [0.1, 0.15) is 18.1 Å². The third-order valence-corrected chi connectivity index (χ3v) is 5.70. The Hall–Kier alpha value is -3.66. The number of aryl methyl sites for hydroxylation is 1. The predicted molar refractivity (Wildman–Crippen MR) is 132 cm³/mol. The van der Waals surface area contributed by atoms with E-state index in [0.29, 0.717) is 30.3 Å². The molecule has 0 saturated carbocycles. The predicted octanol–water partition coefficient (Wildman–Crippen LogP) is 3.09. The number of benzene rings is 2. The first kappa shape index (κ1) is 22.5. The first-order chi connectivity index (χ1) is 15.9. The molecule has 4 rings (SSSR count). The number of ether oxygens (including phenoxy) is 1. The maximum Gasteiger partial charge on any atom is 0.332 e. The SMILES string of the molecule is CCOc1ccc(/C=N/Nc2nc3c(c(=O)n(C)c(=O)n3C)n2Cc2ccc(Br)cc2)cc1. The molecule has 0 unspecified atom stereocenters. The molecule has 0 atom stereocenters. The van der Waals surface area contributed by atoms with Gasteiger partial charge in [-0.3, -0.25) is 18.5 Å². The molecule has 0 saturated heterocycles. The van der Waals surface area contributed by atoms with Crippen LogP contribution in [-0.4, -0.2) is 31.5 Å². The van der Waals surface area contributed by atoms with Crippen molar-refractivity contribution >= 4 is 39.3 Å². The summed E-state index contributed by atoms with van der Waals surface area (Å²) < 4.78 is 10.6. The Morgan fingerprint density at radius 1 is 1.06 bits per heavy atom. The van der Waals surface area contributed by atoms with Crippen molar-refractivity contribution in [1.82, 2.24) is 18.7 Å². The fraction of sp³-hybridized carbons (Fsp3) is 0.217. The largest absolute Gasteiger partial charge is 0.494 e. The fourth-order valence-corrected chi connectivity index (χ4v) is 3.70. The second-order valence-electron chi connectivity index (χ2n) is 7.40. The molecule has 170 valence electrons. The van der Waals surface area contributed by atoms with Crippen LogP contribution in [0.2, 0.25) is 0 Å². The number of nitrogens with zero attached hydrogens (tertiary/aromatic N) is 5. The van der Waals surface area contributed by atoms with Gasteiger partial charge in [0.25, 0.3) is 5.56 Å². The molecule has 0 amide bonds. The summed E-state index contributed by atoms with van der Waals surface area (Å²) >= 11 is 3.44. The molecule has 33 heavy (non-hydrogen) atoms. The molecule has 0 aliphatic carbocycles.